The minimum Gasteiger partial charge on any atom is -0.491 e. The molecular weight excluding hydrogens is 360 g/mol. The molecule has 2 fully saturated rings. The molecule has 3 amide bonds. The first kappa shape index (κ1) is 20.3. The second-order valence-electron chi connectivity index (χ2n) is 7.88. The monoisotopic (exact) mass is 388 g/mol. The Kier molecular flexibility index (Phi) is 6.03. The van der Waals surface area contributed by atoms with Gasteiger partial charge in [-0.3, -0.25) is 14.5 Å². The second-order valence-corrected chi connectivity index (χ2v) is 7.88. The highest BCUT2D eigenvalue weighted by atomic mass is 16.5. The molecule has 1 atom stereocenters. The molecule has 7 heteroatoms. The second kappa shape index (κ2) is 8.31. The fraction of sp³-hybridized carbons (Fsp3) is 0.571. The Morgan fingerprint density at radius 1 is 1.29 bits per heavy atom. The summed E-state index contributed by atoms with van der Waals surface area (Å²) in [7, 11) is 0. The number of amides is 3. The zero-order valence-electron chi connectivity index (χ0n) is 16.4. The highest BCUT2D eigenvalue weighted by Crippen LogP contribution is 2.36. The van der Waals surface area contributed by atoms with E-state index in [4.69, 9.17) is 4.74 Å². The number of nitrogens with zero attached hydrogens (tertiary/aromatic N) is 1. The summed E-state index contributed by atoms with van der Waals surface area (Å²) in [5.74, 6) is 0.881. The maximum absolute atomic E-state index is 12.8. The van der Waals surface area contributed by atoms with Gasteiger partial charge in [0.15, 0.2) is 5.78 Å². The van der Waals surface area contributed by atoms with Crippen molar-refractivity contribution in [2.75, 3.05) is 13.2 Å². The minimum absolute atomic E-state index is 0.0520. The molecule has 1 saturated heterocycles. The smallest absolute Gasteiger partial charge is 0.325 e. The van der Waals surface area contributed by atoms with Crippen LogP contribution >= 0.6 is 0 Å². The van der Waals surface area contributed by atoms with Gasteiger partial charge in [0.05, 0.1) is 6.54 Å². The third-order valence-electron chi connectivity index (χ3n) is 5.71. The zero-order chi connectivity index (χ0) is 20.3. The highest BCUT2D eigenvalue weighted by molar-refractivity contribution is 6.07. The number of ketones is 1. The van der Waals surface area contributed by atoms with Crippen molar-refractivity contribution in [1.82, 2.24) is 10.2 Å². The molecule has 1 aromatic rings. The topological polar surface area (TPSA) is 95.9 Å². The van der Waals surface area contributed by atoms with Crippen LogP contribution < -0.4 is 10.1 Å². The molecule has 1 aromatic carbocycles. The van der Waals surface area contributed by atoms with Crippen LogP contribution in [0.15, 0.2) is 24.3 Å². The summed E-state index contributed by atoms with van der Waals surface area (Å²) in [6, 6.07) is 6.25. The first-order chi connectivity index (χ1) is 13.3. The maximum Gasteiger partial charge on any atom is 0.325 e. The highest BCUT2D eigenvalue weighted by Gasteiger charge is 2.52. The Morgan fingerprint density at radius 2 is 1.93 bits per heavy atom. The minimum atomic E-state index is -0.996. The summed E-state index contributed by atoms with van der Waals surface area (Å²) in [6.45, 7) is 3.80. The Labute approximate surface area is 165 Å². The van der Waals surface area contributed by atoms with Crippen LogP contribution in [0.4, 0.5) is 4.79 Å². The molecular formula is C21H28N2O5. The van der Waals surface area contributed by atoms with Gasteiger partial charge in [-0.15, -0.1) is 0 Å². The Bertz CT molecular complexity index is 738. The van der Waals surface area contributed by atoms with E-state index in [1.165, 1.54) is 0 Å². The Hall–Kier alpha value is -2.41. The number of carbonyl (C=O) groups excluding carboxylic acids is 3. The van der Waals surface area contributed by atoms with Crippen LogP contribution in [0.2, 0.25) is 0 Å². The molecule has 2 aliphatic rings. The van der Waals surface area contributed by atoms with Crippen LogP contribution in [0.1, 0.15) is 56.3 Å². The SMILES string of the molecule is CCC(=O)c1ccc(OC[C@@H](O)CN2C(=O)NC3(CCC(C)CC3)C2=O)cc1. The predicted molar refractivity (Wildman–Crippen MR) is 103 cm³/mol. The van der Waals surface area contributed by atoms with Crippen molar-refractivity contribution < 1.29 is 24.2 Å². The van der Waals surface area contributed by atoms with Gasteiger partial charge in [0.1, 0.15) is 24.0 Å². The van der Waals surface area contributed by atoms with Gasteiger partial charge in [0.25, 0.3) is 5.91 Å². The van der Waals surface area contributed by atoms with E-state index in [9.17, 15) is 19.5 Å². The van der Waals surface area contributed by atoms with E-state index in [1.807, 2.05) is 0 Å². The van der Waals surface area contributed by atoms with Crippen molar-refractivity contribution >= 4 is 17.7 Å². The van der Waals surface area contributed by atoms with Gasteiger partial charge in [-0.2, -0.15) is 0 Å². The predicted octanol–water partition coefficient (Wildman–Crippen LogP) is 2.52. The molecule has 1 spiro atoms. The largest absolute Gasteiger partial charge is 0.491 e. The first-order valence-corrected chi connectivity index (χ1v) is 9.93. The molecule has 7 nitrogen and oxygen atoms in total. The fourth-order valence-electron chi connectivity index (χ4n) is 3.83. The lowest BCUT2D eigenvalue weighted by atomic mass is 9.77. The van der Waals surface area contributed by atoms with Gasteiger partial charge in [-0.05, 0) is 55.9 Å². The van der Waals surface area contributed by atoms with E-state index in [-0.39, 0.29) is 24.8 Å². The number of nitrogens with one attached hydrogen (secondary N) is 1. The van der Waals surface area contributed by atoms with Crippen molar-refractivity contribution in [1.29, 1.82) is 0 Å². The lowest BCUT2D eigenvalue weighted by molar-refractivity contribution is -0.133. The van der Waals surface area contributed by atoms with Gasteiger partial charge in [0.2, 0.25) is 0 Å². The number of urea groups is 1. The third kappa shape index (κ3) is 4.19. The van der Waals surface area contributed by atoms with E-state index in [0.29, 0.717) is 36.5 Å². The van der Waals surface area contributed by atoms with Crippen molar-refractivity contribution in [3.63, 3.8) is 0 Å². The number of hydrogen-bond acceptors (Lipinski definition) is 5. The number of hydrogen-bond donors (Lipinski definition) is 2. The molecule has 0 aromatic heterocycles. The van der Waals surface area contributed by atoms with Crippen LogP contribution in [-0.4, -0.2) is 52.5 Å². The lowest BCUT2D eigenvalue weighted by Crippen LogP contribution is -2.49. The first-order valence-electron chi connectivity index (χ1n) is 9.93. The molecule has 3 rings (SSSR count). The number of Topliss-reactive ketones (excluding diaryl/α,β-unsaturated/α-hetero) is 1. The number of β-amino-alcohol motifs (C(OH)–C–C–N with tert-alkyl or cyclic N) is 1. The van der Waals surface area contributed by atoms with E-state index < -0.39 is 17.7 Å². The molecule has 1 saturated carbocycles. The van der Waals surface area contributed by atoms with Gasteiger partial charge in [-0.25, -0.2) is 4.79 Å². The number of rotatable bonds is 7. The molecule has 1 heterocycles. The third-order valence-corrected chi connectivity index (χ3v) is 5.71. The van der Waals surface area contributed by atoms with Crippen molar-refractivity contribution in [3.8, 4) is 5.75 Å². The maximum atomic E-state index is 12.8. The normalized spacial score (nSPS) is 25.7. The standard InChI is InChI=1S/C21H28N2O5/c1-3-18(25)15-4-6-17(7-5-15)28-13-16(24)12-23-19(26)21(22-20(23)27)10-8-14(2)9-11-21/h4-7,14,16,24H,3,8-13H2,1-2H3,(H,22,27)/t14?,16-,21?/m0/s1. The van der Waals surface area contributed by atoms with Crippen LogP contribution in [0.3, 0.4) is 0 Å². The molecule has 2 N–H and O–H groups in total. The summed E-state index contributed by atoms with van der Waals surface area (Å²) in [4.78, 5) is 37.8. The van der Waals surface area contributed by atoms with Crippen LogP contribution in [0.5, 0.6) is 5.75 Å². The van der Waals surface area contributed by atoms with Crippen LogP contribution in [-0.2, 0) is 4.79 Å². The molecule has 152 valence electrons. The molecule has 1 aliphatic carbocycles. The molecule has 0 bridgehead atoms. The van der Waals surface area contributed by atoms with E-state index in [1.54, 1.807) is 31.2 Å². The summed E-state index contributed by atoms with van der Waals surface area (Å²) >= 11 is 0. The van der Waals surface area contributed by atoms with Crippen molar-refractivity contribution in [2.45, 2.75) is 57.6 Å². The number of aliphatic hydroxyl groups excluding tert-OH is 1. The summed E-state index contributed by atoms with van der Waals surface area (Å²) in [5, 5.41) is 13.1. The molecule has 28 heavy (non-hydrogen) atoms. The Balaban J connectivity index is 1.53. The van der Waals surface area contributed by atoms with Gasteiger partial charge in [0, 0.05) is 12.0 Å². The number of ether oxygens (including phenoxy) is 1. The van der Waals surface area contributed by atoms with E-state index in [0.717, 1.165) is 17.7 Å². The quantitative estimate of drug-likeness (QED) is 0.553. The lowest BCUT2D eigenvalue weighted by Gasteiger charge is -2.33. The zero-order valence-corrected chi connectivity index (χ0v) is 16.4. The van der Waals surface area contributed by atoms with Gasteiger partial charge in [-0.1, -0.05) is 13.8 Å². The number of aliphatic hydroxyl groups is 1. The summed E-state index contributed by atoms with van der Waals surface area (Å²) in [6.07, 6.45) is 2.54. The number of benzene rings is 1. The van der Waals surface area contributed by atoms with Gasteiger partial charge < -0.3 is 15.2 Å². The van der Waals surface area contributed by atoms with Crippen molar-refractivity contribution in [3.05, 3.63) is 29.8 Å². The van der Waals surface area contributed by atoms with Crippen LogP contribution in [0, 0.1) is 5.92 Å². The van der Waals surface area contributed by atoms with E-state index >= 15 is 0 Å². The summed E-state index contributed by atoms with van der Waals surface area (Å²) in [5.41, 5.74) is -0.187. The average Bonchev–Trinajstić information content (AvgIpc) is 2.92. The fourth-order valence-corrected chi connectivity index (χ4v) is 3.83. The number of carbonyl (C=O) groups is 3. The average molecular weight is 388 g/mol. The summed E-state index contributed by atoms with van der Waals surface area (Å²) < 4.78 is 5.54. The number of imide groups is 1. The molecule has 0 unspecified atom stereocenters. The van der Waals surface area contributed by atoms with E-state index in [2.05, 4.69) is 12.2 Å². The van der Waals surface area contributed by atoms with Gasteiger partial charge >= 0.3 is 6.03 Å². The Morgan fingerprint density at radius 3 is 2.54 bits per heavy atom. The molecule has 1 aliphatic heterocycles. The van der Waals surface area contributed by atoms with Crippen molar-refractivity contribution in [2.24, 2.45) is 5.92 Å². The van der Waals surface area contributed by atoms with Crippen LogP contribution in [0.25, 0.3) is 0 Å². The molecule has 0 radical (unpaired) electrons.